The predicted molar refractivity (Wildman–Crippen MR) is 57.4 cm³/mol. The van der Waals surface area contributed by atoms with E-state index in [1.165, 1.54) is 0 Å². The monoisotopic (exact) mass is 213 g/mol. The molecule has 1 rings (SSSR count). The topological polar surface area (TPSA) is 70.3 Å². The summed E-state index contributed by atoms with van der Waals surface area (Å²) in [7, 11) is 1.81. The van der Waals surface area contributed by atoms with Crippen LogP contribution in [0.2, 0.25) is 0 Å². The fraction of sp³-hybridized carbons (Fsp3) is 0.700. The van der Waals surface area contributed by atoms with Gasteiger partial charge in [0.25, 0.3) is 0 Å². The van der Waals surface area contributed by atoms with Crippen molar-refractivity contribution in [3.8, 4) is 0 Å². The van der Waals surface area contributed by atoms with E-state index in [0.29, 0.717) is 18.5 Å². The van der Waals surface area contributed by atoms with Crippen LogP contribution in [0.1, 0.15) is 25.0 Å². The molecule has 86 valence electrons. The van der Waals surface area contributed by atoms with Crippen LogP contribution in [0.3, 0.4) is 0 Å². The summed E-state index contributed by atoms with van der Waals surface area (Å²) in [5.41, 5.74) is 0.667. The van der Waals surface area contributed by atoms with Crippen LogP contribution in [0.15, 0.2) is 12.4 Å². The molecule has 1 aromatic heterocycles. The maximum atomic E-state index is 9.79. The van der Waals surface area contributed by atoms with Crippen molar-refractivity contribution in [2.24, 2.45) is 0 Å². The first-order chi connectivity index (χ1) is 7.19. The third-order valence-electron chi connectivity index (χ3n) is 2.37. The minimum absolute atomic E-state index is 0.523. The van der Waals surface area contributed by atoms with Crippen LogP contribution in [0, 0.1) is 0 Å². The normalized spacial score (nSPS) is 15.2. The minimum Gasteiger partial charge on any atom is -0.390 e. The van der Waals surface area contributed by atoms with E-state index in [9.17, 15) is 10.2 Å². The van der Waals surface area contributed by atoms with E-state index in [0.717, 1.165) is 6.54 Å². The number of aromatic nitrogens is 2. The van der Waals surface area contributed by atoms with Gasteiger partial charge in [0.05, 0.1) is 12.3 Å². The van der Waals surface area contributed by atoms with E-state index in [1.54, 1.807) is 17.1 Å². The third-order valence-corrected chi connectivity index (χ3v) is 2.37. The number of hydrogen-bond donors (Lipinski definition) is 3. The Labute approximate surface area is 89.7 Å². The van der Waals surface area contributed by atoms with Crippen molar-refractivity contribution in [2.75, 3.05) is 13.6 Å². The molecule has 0 spiro atoms. The molecule has 0 saturated carbocycles. The van der Waals surface area contributed by atoms with Gasteiger partial charge in [-0.3, -0.25) is 4.68 Å². The Morgan fingerprint density at radius 1 is 1.53 bits per heavy atom. The highest BCUT2D eigenvalue weighted by Gasteiger charge is 2.19. The van der Waals surface area contributed by atoms with Gasteiger partial charge in [-0.2, -0.15) is 5.10 Å². The molecule has 3 N–H and O–H groups in total. The van der Waals surface area contributed by atoms with Crippen molar-refractivity contribution < 1.29 is 10.2 Å². The highest BCUT2D eigenvalue weighted by Crippen LogP contribution is 2.17. The Bertz CT molecular complexity index is 288. The molecule has 0 fully saturated rings. The molecule has 2 unspecified atom stereocenters. The van der Waals surface area contributed by atoms with Crippen LogP contribution in [-0.2, 0) is 6.54 Å². The van der Waals surface area contributed by atoms with Crippen LogP contribution >= 0.6 is 0 Å². The molecule has 0 aliphatic carbocycles. The van der Waals surface area contributed by atoms with Gasteiger partial charge in [-0.05, 0) is 26.9 Å². The highest BCUT2D eigenvalue weighted by molar-refractivity contribution is 5.09. The summed E-state index contributed by atoms with van der Waals surface area (Å²) in [6.07, 6.45) is 2.28. The summed E-state index contributed by atoms with van der Waals surface area (Å²) in [5.74, 6) is 0. The molecule has 1 heterocycles. The van der Waals surface area contributed by atoms with Crippen LogP contribution in [0.5, 0.6) is 0 Å². The molecular weight excluding hydrogens is 194 g/mol. The van der Waals surface area contributed by atoms with Crippen LogP contribution in [0.25, 0.3) is 0 Å². The van der Waals surface area contributed by atoms with E-state index in [-0.39, 0.29) is 0 Å². The van der Waals surface area contributed by atoms with Gasteiger partial charge in [-0.15, -0.1) is 0 Å². The number of aliphatic hydroxyl groups excluding tert-OH is 2. The van der Waals surface area contributed by atoms with Crippen molar-refractivity contribution in [3.05, 3.63) is 18.0 Å². The lowest BCUT2D eigenvalue weighted by atomic mass is 10.1. The van der Waals surface area contributed by atoms with Crippen molar-refractivity contribution in [1.29, 1.82) is 0 Å². The zero-order valence-electron chi connectivity index (χ0n) is 9.22. The molecule has 0 aromatic carbocycles. The Balaban J connectivity index is 2.54. The molecule has 0 aliphatic rings. The van der Waals surface area contributed by atoms with Crippen LogP contribution < -0.4 is 5.32 Å². The Morgan fingerprint density at radius 2 is 2.27 bits per heavy atom. The lowest BCUT2D eigenvalue weighted by molar-refractivity contribution is 0.0140. The number of aliphatic hydroxyl groups is 2. The van der Waals surface area contributed by atoms with Crippen LogP contribution in [-0.4, -0.2) is 39.7 Å². The van der Waals surface area contributed by atoms with E-state index in [4.69, 9.17) is 0 Å². The standard InChI is InChI=1S/C10H19N3O2/c1-3-13-7-8(6-12-13)10(15)9(14)4-5-11-2/h6-7,9-11,14-15H,3-5H2,1-2H3. The quantitative estimate of drug-likeness (QED) is 0.617. The van der Waals surface area contributed by atoms with Gasteiger partial charge < -0.3 is 15.5 Å². The van der Waals surface area contributed by atoms with Crippen molar-refractivity contribution in [2.45, 2.75) is 32.1 Å². The first-order valence-corrected chi connectivity index (χ1v) is 5.22. The maximum absolute atomic E-state index is 9.79. The lowest BCUT2D eigenvalue weighted by Gasteiger charge is -2.15. The summed E-state index contributed by atoms with van der Waals surface area (Å²) >= 11 is 0. The molecule has 0 saturated heterocycles. The number of rotatable bonds is 6. The van der Waals surface area contributed by atoms with E-state index >= 15 is 0 Å². The second-order valence-corrected chi connectivity index (χ2v) is 3.53. The fourth-order valence-corrected chi connectivity index (χ4v) is 1.38. The Morgan fingerprint density at radius 3 is 2.80 bits per heavy atom. The zero-order valence-corrected chi connectivity index (χ0v) is 9.22. The summed E-state index contributed by atoms with van der Waals surface area (Å²) in [6.45, 7) is 3.42. The summed E-state index contributed by atoms with van der Waals surface area (Å²) in [6, 6.07) is 0. The van der Waals surface area contributed by atoms with E-state index in [2.05, 4.69) is 10.4 Å². The molecule has 15 heavy (non-hydrogen) atoms. The predicted octanol–water partition coefficient (Wildman–Crippen LogP) is -0.0932. The Kier molecular flexibility index (Phi) is 4.74. The number of aryl methyl sites for hydroxylation is 1. The molecule has 5 nitrogen and oxygen atoms in total. The average Bonchev–Trinajstić information content (AvgIpc) is 2.73. The molecule has 1 aromatic rings. The molecule has 5 heteroatoms. The van der Waals surface area contributed by atoms with Gasteiger partial charge >= 0.3 is 0 Å². The Hall–Kier alpha value is -0.910. The molecule has 0 aliphatic heterocycles. The number of nitrogens with one attached hydrogen (secondary N) is 1. The zero-order chi connectivity index (χ0) is 11.3. The molecule has 0 bridgehead atoms. The first-order valence-electron chi connectivity index (χ1n) is 5.22. The number of nitrogens with zero attached hydrogens (tertiary/aromatic N) is 2. The highest BCUT2D eigenvalue weighted by atomic mass is 16.3. The average molecular weight is 213 g/mol. The second-order valence-electron chi connectivity index (χ2n) is 3.53. The maximum Gasteiger partial charge on any atom is 0.108 e. The van der Waals surface area contributed by atoms with Gasteiger partial charge in [0, 0.05) is 18.3 Å². The van der Waals surface area contributed by atoms with Gasteiger partial charge in [0.2, 0.25) is 0 Å². The van der Waals surface area contributed by atoms with Gasteiger partial charge in [-0.25, -0.2) is 0 Å². The van der Waals surface area contributed by atoms with Crippen molar-refractivity contribution >= 4 is 0 Å². The summed E-state index contributed by atoms with van der Waals surface area (Å²) in [4.78, 5) is 0. The SMILES string of the molecule is CCn1cc(C(O)C(O)CCNC)cn1. The molecule has 0 radical (unpaired) electrons. The van der Waals surface area contributed by atoms with E-state index in [1.807, 2.05) is 14.0 Å². The van der Waals surface area contributed by atoms with E-state index < -0.39 is 12.2 Å². The van der Waals surface area contributed by atoms with Crippen LogP contribution in [0.4, 0.5) is 0 Å². The van der Waals surface area contributed by atoms with Gasteiger partial charge in [0.15, 0.2) is 0 Å². The van der Waals surface area contributed by atoms with Crippen molar-refractivity contribution in [3.63, 3.8) is 0 Å². The third kappa shape index (κ3) is 3.30. The number of hydrogen-bond acceptors (Lipinski definition) is 4. The summed E-state index contributed by atoms with van der Waals surface area (Å²) < 4.78 is 1.73. The second kappa shape index (κ2) is 5.85. The molecule has 0 amide bonds. The van der Waals surface area contributed by atoms with Gasteiger partial charge in [0.1, 0.15) is 6.10 Å². The fourth-order valence-electron chi connectivity index (χ4n) is 1.38. The molecular formula is C10H19N3O2. The smallest absolute Gasteiger partial charge is 0.108 e. The lowest BCUT2D eigenvalue weighted by Crippen LogP contribution is -2.23. The van der Waals surface area contributed by atoms with Crippen molar-refractivity contribution in [1.82, 2.24) is 15.1 Å². The largest absolute Gasteiger partial charge is 0.390 e. The molecule has 2 atom stereocenters. The van der Waals surface area contributed by atoms with Gasteiger partial charge in [-0.1, -0.05) is 0 Å². The minimum atomic E-state index is -0.848. The summed E-state index contributed by atoms with van der Waals surface area (Å²) in [5, 5.41) is 26.4. The first kappa shape index (κ1) is 12.2.